The van der Waals surface area contributed by atoms with E-state index in [1.54, 1.807) is 20.9 Å². The molecule has 0 radical (unpaired) electrons. The summed E-state index contributed by atoms with van der Waals surface area (Å²) in [5.74, 6) is -0.197. The third-order valence-corrected chi connectivity index (χ3v) is 7.52. The summed E-state index contributed by atoms with van der Waals surface area (Å²) in [6.07, 6.45) is 0. The van der Waals surface area contributed by atoms with E-state index in [1.165, 1.54) is 33.5 Å². The Labute approximate surface area is 202 Å². The molecule has 0 unspecified atom stereocenters. The lowest BCUT2D eigenvalue weighted by Gasteiger charge is -2.27. The van der Waals surface area contributed by atoms with Crippen molar-refractivity contribution in [2.24, 2.45) is 5.92 Å². The van der Waals surface area contributed by atoms with Crippen LogP contribution in [0.4, 0.5) is 0 Å². The van der Waals surface area contributed by atoms with Gasteiger partial charge in [-0.2, -0.15) is 4.31 Å². The number of hydrogen-bond donors (Lipinski definition) is 1. The number of hydrogen-bond acceptors (Lipinski definition) is 5. The average molecular weight is 490 g/mol. The number of carbonyl (C=O) groups excluding carboxylic acids is 2. The van der Waals surface area contributed by atoms with Gasteiger partial charge >= 0.3 is 0 Å². The molecule has 1 atom stereocenters. The Morgan fingerprint density at radius 1 is 1.00 bits per heavy atom. The molecule has 0 heterocycles. The molecule has 2 aromatic carbocycles. The maximum Gasteiger partial charge on any atom is 0.251 e. The third-order valence-electron chi connectivity index (χ3n) is 5.47. The van der Waals surface area contributed by atoms with Gasteiger partial charge in [0.15, 0.2) is 0 Å². The van der Waals surface area contributed by atoms with E-state index in [1.807, 2.05) is 44.2 Å². The van der Waals surface area contributed by atoms with Crippen molar-refractivity contribution in [2.75, 3.05) is 33.3 Å². The Bertz CT molecular complexity index is 1050. The number of benzene rings is 2. The molecule has 2 amide bonds. The van der Waals surface area contributed by atoms with Gasteiger partial charge in [0.05, 0.1) is 11.4 Å². The predicted molar refractivity (Wildman–Crippen MR) is 132 cm³/mol. The van der Waals surface area contributed by atoms with Crippen LogP contribution in [0.15, 0.2) is 59.5 Å². The van der Waals surface area contributed by atoms with Crippen LogP contribution in [0.25, 0.3) is 0 Å². The van der Waals surface area contributed by atoms with E-state index in [-0.39, 0.29) is 22.3 Å². The number of rotatable bonds is 12. The van der Waals surface area contributed by atoms with Crippen LogP contribution >= 0.6 is 0 Å². The fraction of sp³-hybridized carbons (Fsp3) is 0.440. The predicted octanol–water partition coefficient (Wildman–Crippen LogP) is 3.01. The lowest BCUT2D eigenvalue weighted by molar-refractivity contribution is -0.133. The van der Waals surface area contributed by atoms with Crippen molar-refractivity contribution in [2.45, 2.75) is 38.6 Å². The maximum absolute atomic E-state index is 13.0. The summed E-state index contributed by atoms with van der Waals surface area (Å²) >= 11 is 0. The summed E-state index contributed by atoms with van der Waals surface area (Å²) < 4.78 is 32.6. The zero-order valence-electron chi connectivity index (χ0n) is 20.5. The first-order chi connectivity index (χ1) is 16.1. The zero-order chi connectivity index (χ0) is 25.3. The van der Waals surface area contributed by atoms with E-state index < -0.39 is 22.0 Å². The number of amides is 2. The van der Waals surface area contributed by atoms with Crippen molar-refractivity contribution >= 4 is 21.8 Å². The molecule has 1 N–H and O–H groups in total. The fourth-order valence-electron chi connectivity index (χ4n) is 3.41. The molecule has 186 valence electrons. The number of para-hydroxylation sites is 1. The van der Waals surface area contributed by atoms with Crippen LogP contribution in [0.5, 0.6) is 5.75 Å². The van der Waals surface area contributed by atoms with Crippen LogP contribution in [0.1, 0.15) is 38.1 Å². The van der Waals surface area contributed by atoms with Gasteiger partial charge in [-0.1, -0.05) is 52.0 Å². The SMILES string of the molecule is CCN(CC)S(=O)(=O)c1cccc(C(=O)N[C@H](C(=O)N(C)CCOc2ccccc2)C(C)C)c1. The van der Waals surface area contributed by atoms with Gasteiger partial charge in [-0.25, -0.2) is 8.42 Å². The first-order valence-electron chi connectivity index (χ1n) is 11.5. The van der Waals surface area contributed by atoms with Gasteiger partial charge < -0.3 is 15.0 Å². The van der Waals surface area contributed by atoms with E-state index in [2.05, 4.69) is 5.32 Å². The summed E-state index contributed by atoms with van der Waals surface area (Å²) in [4.78, 5) is 27.6. The van der Waals surface area contributed by atoms with E-state index in [4.69, 9.17) is 4.74 Å². The smallest absolute Gasteiger partial charge is 0.251 e. The molecule has 0 saturated heterocycles. The Morgan fingerprint density at radius 3 is 2.24 bits per heavy atom. The van der Waals surface area contributed by atoms with Crippen molar-refractivity contribution in [3.05, 3.63) is 60.2 Å². The van der Waals surface area contributed by atoms with Crippen molar-refractivity contribution in [3.8, 4) is 5.75 Å². The first kappa shape index (κ1) is 27.3. The highest BCUT2D eigenvalue weighted by molar-refractivity contribution is 7.89. The summed E-state index contributed by atoms with van der Waals surface area (Å²) in [6, 6.07) is 14.4. The average Bonchev–Trinajstić information content (AvgIpc) is 2.83. The molecule has 34 heavy (non-hydrogen) atoms. The van der Waals surface area contributed by atoms with Crippen molar-refractivity contribution in [3.63, 3.8) is 0 Å². The van der Waals surface area contributed by atoms with Crippen LogP contribution in [0, 0.1) is 5.92 Å². The highest BCUT2D eigenvalue weighted by atomic mass is 32.2. The molecule has 2 aromatic rings. The van der Waals surface area contributed by atoms with Crippen LogP contribution in [0.2, 0.25) is 0 Å². The van der Waals surface area contributed by atoms with Crippen LogP contribution < -0.4 is 10.1 Å². The van der Waals surface area contributed by atoms with Gasteiger partial charge in [0.2, 0.25) is 15.9 Å². The number of nitrogens with zero attached hydrogens (tertiary/aromatic N) is 2. The molecule has 0 bridgehead atoms. The second-order valence-corrected chi connectivity index (χ2v) is 10.2. The first-order valence-corrected chi connectivity index (χ1v) is 12.9. The zero-order valence-corrected chi connectivity index (χ0v) is 21.3. The summed E-state index contributed by atoms with van der Waals surface area (Å²) in [6.45, 7) is 8.55. The lowest BCUT2D eigenvalue weighted by atomic mass is 10.0. The number of likely N-dealkylation sites (N-methyl/N-ethyl adjacent to an activating group) is 1. The topological polar surface area (TPSA) is 96.0 Å². The minimum atomic E-state index is -3.70. The highest BCUT2D eigenvalue weighted by Crippen LogP contribution is 2.18. The molecule has 2 rings (SSSR count). The fourth-order valence-corrected chi connectivity index (χ4v) is 4.92. The largest absolute Gasteiger partial charge is 0.492 e. The molecule has 0 aromatic heterocycles. The second-order valence-electron chi connectivity index (χ2n) is 8.23. The molecular weight excluding hydrogens is 454 g/mol. The molecule has 0 aliphatic heterocycles. The van der Waals surface area contributed by atoms with Gasteiger partial charge in [0.1, 0.15) is 18.4 Å². The van der Waals surface area contributed by atoms with E-state index in [0.717, 1.165) is 5.75 Å². The maximum atomic E-state index is 13.0. The minimum absolute atomic E-state index is 0.0476. The van der Waals surface area contributed by atoms with Crippen LogP contribution in [-0.4, -0.2) is 68.8 Å². The normalized spacial score (nSPS) is 12.4. The molecule has 9 heteroatoms. The van der Waals surface area contributed by atoms with Crippen molar-refractivity contribution < 1.29 is 22.7 Å². The summed E-state index contributed by atoms with van der Waals surface area (Å²) in [7, 11) is -2.04. The van der Waals surface area contributed by atoms with E-state index in [9.17, 15) is 18.0 Å². The number of nitrogens with one attached hydrogen (secondary N) is 1. The monoisotopic (exact) mass is 489 g/mol. The molecule has 8 nitrogen and oxygen atoms in total. The van der Waals surface area contributed by atoms with Gasteiger partial charge in [-0.15, -0.1) is 0 Å². The van der Waals surface area contributed by atoms with Crippen LogP contribution in [0.3, 0.4) is 0 Å². The van der Waals surface area contributed by atoms with Crippen LogP contribution in [-0.2, 0) is 14.8 Å². The molecule has 0 aliphatic carbocycles. The van der Waals surface area contributed by atoms with Gasteiger partial charge in [0, 0.05) is 25.7 Å². The Kier molecular flexibility index (Phi) is 10.1. The third kappa shape index (κ3) is 7.04. The summed E-state index contributed by atoms with van der Waals surface area (Å²) in [5, 5.41) is 2.78. The quantitative estimate of drug-likeness (QED) is 0.494. The van der Waals surface area contributed by atoms with Crippen molar-refractivity contribution in [1.82, 2.24) is 14.5 Å². The van der Waals surface area contributed by atoms with Gasteiger partial charge in [-0.3, -0.25) is 9.59 Å². The minimum Gasteiger partial charge on any atom is -0.492 e. The van der Waals surface area contributed by atoms with E-state index >= 15 is 0 Å². The Hall–Kier alpha value is -2.91. The number of carbonyl (C=O) groups is 2. The molecule has 0 aliphatic rings. The van der Waals surface area contributed by atoms with Gasteiger partial charge in [0.25, 0.3) is 5.91 Å². The number of ether oxygens (including phenoxy) is 1. The molecule has 0 spiro atoms. The molecule has 0 fully saturated rings. The standard InChI is InChI=1S/C25H35N3O5S/c1-6-28(7-2)34(31,32)22-15-11-12-20(18-22)24(29)26-23(19(3)4)25(30)27(5)16-17-33-21-13-9-8-10-14-21/h8-15,18-19,23H,6-7,16-17H2,1-5H3,(H,26,29)/t23-/m0/s1. The Morgan fingerprint density at radius 2 is 1.65 bits per heavy atom. The summed E-state index contributed by atoms with van der Waals surface area (Å²) in [5.41, 5.74) is 0.182. The highest BCUT2D eigenvalue weighted by Gasteiger charge is 2.28. The van der Waals surface area contributed by atoms with Crippen molar-refractivity contribution in [1.29, 1.82) is 0 Å². The molecular formula is C25H35N3O5S. The number of sulfonamides is 1. The molecule has 0 saturated carbocycles. The lowest BCUT2D eigenvalue weighted by Crippen LogP contribution is -2.50. The second kappa shape index (κ2) is 12.5. The van der Waals surface area contributed by atoms with Gasteiger partial charge in [-0.05, 0) is 36.2 Å². The van der Waals surface area contributed by atoms with E-state index in [0.29, 0.717) is 26.2 Å². The Balaban J connectivity index is 2.08.